The maximum atomic E-state index is 14.5. The minimum atomic E-state index is -4.92. The molecule has 0 fully saturated rings. The molecule has 0 aromatic heterocycles. The summed E-state index contributed by atoms with van der Waals surface area (Å²) in [4.78, 5) is 29.4. The van der Waals surface area contributed by atoms with Crippen molar-refractivity contribution >= 4 is 62.3 Å². The topological polar surface area (TPSA) is 86.8 Å². The highest BCUT2D eigenvalue weighted by atomic mass is 35.5. The van der Waals surface area contributed by atoms with Crippen LogP contribution in [0.5, 0.6) is 0 Å². The van der Waals surface area contributed by atoms with E-state index in [0.717, 1.165) is 12.1 Å². The van der Waals surface area contributed by atoms with Crippen molar-refractivity contribution in [1.29, 1.82) is 0 Å². The summed E-state index contributed by atoms with van der Waals surface area (Å²) in [6.45, 7) is 2.51. The Hall–Kier alpha value is -3.77. The number of hydrogen-bond acceptors (Lipinski definition) is 4. The van der Waals surface area contributed by atoms with Gasteiger partial charge in [-0.2, -0.15) is 13.2 Å². The highest BCUT2D eigenvalue weighted by molar-refractivity contribution is 7.92. The Morgan fingerprint density at radius 3 is 2.02 bits per heavy atom. The van der Waals surface area contributed by atoms with E-state index in [1.807, 2.05) is 6.92 Å². The number of amides is 2. The third-order valence-corrected chi connectivity index (χ3v) is 10.6. The summed E-state index contributed by atoms with van der Waals surface area (Å²) in [6, 6.07) is 21.7. The van der Waals surface area contributed by atoms with Gasteiger partial charge < -0.3 is 10.2 Å². The second-order valence-electron chi connectivity index (χ2n) is 11.3. The number of anilines is 1. The van der Waals surface area contributed by atoms with Crippen LogP contribution in [-0.2, 0) is 38.8 Å². The SMILES string of the molecule is CCC(C)NC(=O)C(Cc1ccccc1)N(Cc1ccc(Cl)c(Cl)c1)C(=O)CN(c1ccc(Cl)c(C(F)(F)F)c1)S(=O)(=O)c1ccccc1. The van der Waals surface area contributed by atoms with E-state index in [2.05, 4.69) is 5.32 Å². The van der Waals surface area contributed by atoms with Crippen LogP contribution in [0.4, 0.5) is 18.9 Å². The van der Waals surface area contributed by atoms with Crippen molar-refractivity contribution in [3.05, 3.63) is 129 Å². The molecule has 0 aliphatic rings. The fourth-order valence-corrected chi connectivity index (χ4v) is 6.94. The molecule has 1 N–H and O–H groups in total. The lowest BCUT2D eigenvalue weighted by Crippen LogP contribution is -2.54. The predicted molar refractivity (Wildman–Crippen MR) is 186 cm³/mol. The molecule has 4 aromatic rings. The molecule has 0 saturated heterocycles. The number of rotatable bonds is 13. The average Bonchev–Trinajstić information content (AvgIpc) is 3.07. The monoisotopic (exact) mass is 753 g/mol. The van der Waals surface area contributed by atoms with Crippen molar-refractivity contribution in [2.45, 2.75) is 56.4 Å². The number of nitrogens with one attached hydrogen (secondary N) is 1. The Labute approximate surface area is 298 Å². The lowest BCUT2D eigenvalue weighted by atomic mass is 10.0. The molecule has 2 unspecified atom stereocenters. The lowest BCUT2D eigenvalue weighted by molar-refractivity contribution is -0.140. The lowest BCUT2D eigenvalue weighted by Gasteiger charge is -2.34. The second kappa shape index (κ2) is 16.3. The van der Waals surface area contributed by atoms with Gasteiger partial charge in [0, 0.05) is 19.0 Å². The molecular weight excluding hydrogens is 722 g/mol. The average molecular weight is 755 g/mol. The summed E-state index contributed by atoms with van der Waals surface area (Å²) in [6.07, 6.45) is -4.29. The molecule has 4 aromatic carbocycles. The predicted octanol–water partition coefficient (Wildman–Crippen LogP) is 8.42. The van der Waals surface area contributed by atoms with E-state index in [4.69, 9.17) is 34.8 Å². The molecule has 0 saturated carbocycles. The molecule has 2 amide bonds. The maximum absolute atomic E-state index is 14.5. The Bertz CT molecular complexity index is 1880. The maximum Gasteiger partial charge on any atom is 0.417 e. The van der Waals surface area contributed by atoms with E-state index in [-0.39, 0.29) is 33.9 Å². The van der Waals surface area contributed by atoms with Crippen LogP contribution in [-0.4, -0.2) is 43.8 Å². The van der Waals surface area contributed by atoms with Crippen molar-refractivity contribution in [2.75, 3.05) is 10.8 Å². The van der Waals surface area contributed by atoms with Crippen LogP contribution < -0.4 is 9.62 Å². The fraction of sp³-hybridized carbons (Fsp3) is 0.257. The molecule has 0 radical (unpaired) electrons. The fourth-order valence-electron chi connectivity index (χ4n) is 4.96. The number of halogens is 6. The molecule has 4 rings (SSSR count). The number of hydrogen-bond donors (Lipinski definition) is 1. The van der Waals surface area contributed by atoms with Gasteiger partial charge in [-0.3, -0.25) is 13.9 Å². The van der Waals surface area contributed by atoms with Gasteiger partial charge in [0.2, 0.25) is 11.8 Å². The standard InChI is InChI=1S/C35H33Cl3F3N3O4S/c1-3-23(2)42-34(46)32(19-24-10-6-4-7-11-24)43(21-25-14-16-30(37)31(38)18-25)33(45)22-44(49(47,48)27-12-8-5-9-13-27)26-15-17-29(36)28(20-26)35(39,40)41/h4-18,20,23,32H,3,19,21-22H2,1-2H3,(H,42,46). The highest BCUT2D eigenvalue weighted by Gasteiger charge is 2.38. The Morgan fingerprint density at radius 1 is 0.816 bits per heavy atom. The molecule has 14 heteroatoms. The van der Waals surface area contributed by atoms with Gasteiger partial charge in [0.15, 0.2) is 0 Å². The summed E-state index contributed by atoms with van der Waals surface area (Å²) in [5.74, 6) is -1.37. The zero-order valence-corrected chi connectivity index (χ0v) is 29.5. The van der Waals surface area contributed by atoms with Gasteiger partial charge in [0.25, 0.3) is 10.0 Å². The largest absolute Gasteiger partial charge is 0.417 e. The van der Waals surface area contributed by atoms with Gasteiger partial charge in [-0.05, 0) is 66.9 Å². The van der Waals surface area contributed by atoms with Gasteiger partial charge in [-0.1, -0.05) is 96.3 Å². The van der Waals surface area contributed by atoms with E-state index < -0.39 is 56.9 Å². The van der Waals surface area contributed by atoms with Gasteiger partial charge >= 0.3 is 6.18 Å². The third kappa shape index (κ3) is 9.69. The van der Waals surface area contributed by atoms with E-state index in [1.165, 1.54) is 41.3 Å². The number of alkyl halides is 3. The number of sulfonamides is 1. The van der Waals surface area contributed by atoms with Crippen molar-refractivity contribution in [2.24, 2.45) is 0 Å². The zero-order valence-electron chi connectivity index (χ0n) is 26.4. The molecule has 0 bridgehead atoms. The van der Waals surface area contributed by atoms with Gasteiger partial charge in [-0.15, -0.1) is 0 Å². The molecule has 7 nitrogen and oxygen atoms in total. The molecule has 0 heterocycles. The van der Waals surface area contributed by atoms with E-state index in [9.17, 15) is 31.2 Å². The third-order valence-electron chi connectivity index (χ3n) is 7.76. The van der Waals surface area contributed by atoms with Crippen LogP contribution in [0.15, 0.2) is 102 Å². The smallest absolute Gasteiger partial charge is 0.352 e. The summed E-state index contributed by atoms with van der Waals surface area (Å²) in [7, 11) is -4.63. The van der Waals surface area contributed by atoms with Crippen molar-refractivity contribution in [3.8, 4) is 0 Å². The number of carbonyl (C=O) groups is 2. The summed E-state index contributed by atoms with van der Waals surface area (Å²) < 4.78 is 70.6. The normalized spacial score (nSPS) is 13.0. The van der Waals surface area contributed by atoms with Crippen LogP contribution in [0, 0.1) is 0 Å². The van der Waals surface area contributed by atoms with E-state index in [1.54, 1.807) is 49.4 Å². The van der Waals surface area contributed by atoms with Crippen molar-refractivity contribution in [3.63, 3.8) is 0 Å². The van der Waals surface area contributed by atoms with Gasteiger partial charge in [-0.25, -0.2) is 8.42 Å². The minimum Gasteiger partial charge on any atom is -0.352 e. The molecule has 0 spiro atoms. The number of carbonyl (C=O) groups excluding carboxylic acids is 2. The van der Waals surface area contributed by atoms with E-state index >= 15 is 0 Å². The van der Waals surface area contributed by atoms with Gasteiger partial charge in [0.05, 0.1) is 31.2 Å². The quantitative estimate of drug-likeness (QED) is 0.149. The first-order valence-corrected chi connectivity index (χ1v) is 17.7. The Morgan fingerprint density at radius 2 is 1.43 bits per heavy atom. The number of nitrogens with zero attached hydrogens (tertiary/aromatic N) is 2. The van der Waals surface area contributed by atoms with Crippen LogP contribution >= 0.6 is 34.8 Å². The Kier molecular flexibility index (Phi) is 12.6. The molecule has 49 heavy (non-hydrogen) atoms. The van der Waals surface area contributed by atoms with Crippen LogP contribution in [0.3, 0.4) is 0 Å². The first kappa shape index (κ1) is 38.0. The first-order chi connectivity index (χ1) is 23.1. The summed E-state index contributed by atoms with van der Waals surface area (Å²) >= 11 is 18.3. The molecule has 2 atom stereocenters. The molecular formula is C35H33Cl3F3N3O4S. The Balaban J connectivity index is 1.87. The second-order valence-corrected chi connectivity index (χ2v) is 14.4. The first-order valence-electron chi connectivity index (χ1n) is 15.1. The number of benzene rings is 4. The minimum absolute atomic E-state index is 0.0424. The van der Waals surface area contributed by atoms with Crippen LogP contribution in [0.1, 0.15) is 37.0 Å². The van der Waals surface area contributed by atoms with Crippen LogP contribution in [0.2, 0.25) is 15.1 Å². The molecule has 0 aliphatic carbocycles. The van der Waals surface area contributed by atoms with Gasteiger partial charge in [0.1, 0.15) is 12.6 Å². The van der Waals surface area contributed by atoms with Crippen LogP contribution in [0.25, 0.3) is 0 Å². The summed E-state index contributed by atoms with van der Waals surface area (Å²) in [5.41, 5.74) is -0.553. The van der Waals surface area contributed by atoms with E-state index in [0.29, 0.717) is 27.9 Å². The summed E-state index contributed by atoms with van der Waals surface area (Å²) in [5, 5.41) is 2.70. The highest BCUT2D eigenvalue weighted by Crippen LogP contribution is 2.38. The zero-order chi connectivity index (χ0) is 35.9. The molecule has 0 aliphatic heterocycles. The van der Waals surface area contributed by atoms with Crippen molar-refractivity contribution in [1.82, 2.24) is 10.2 Å². The molecule has 260 valence electrons. The van der Waals surface area contributed by atoms with Crippen molar-refractivity contribution < 1.29 is 31.2 Å².